The summed E-state index contributed by atoms with van der Waals surface area (Å²) in [5.74, 6) is 0. The molecule has 1 N–H and O–H groups in total. The van der Waals surface area contributed by atoms with Gasteiger partial charge in [0, 0.05) is 66.0 Å². The van der Waals surface area contributed by atoms with Crippen LogP contribution < -0.4 is 5.32 Å². The zero-order chi connectivity index (χ0) is 17.2. The quantitative estimate of drug-likeness (QED) is 0.556. The predicted molar refractivity (Wildman–Crippen MR) is 100 cm³/mol. The van der Waals surface area contributed by atoms with Crippen LogP contribution in [0.2, 0.25) is 0 Å². The van der Waals surface area contributed by atoms with Crippen LogP contribution in [0.1, 0.15) is 12.0 Å². The Labute approximate surface area is 149 Å². The average Bonchev–Trinajstić information content (AvgIpc) is 3.25. The van der Waals surface area contributed by atoms with Crippen LogP contribution in [0.3, 0.4) is 0 Å². The van der Waals surface area contributed by atoms with Gasteiger partial charge in [0.25, 0.3) is 0 Å². The van der Waals surface area contributed by atoms with E-state index in [1.54, 1.807) is 6.07 Å². The molecule has 1 aromatic carbocycles. The summed E-state index contributed by atoms with van der Waals surface area (Å²) in [6.45, 7) is 2.70. The lowest BCUT2D eigenvalue weighted by Gasteiger charge is -2.18. The zero-order valence-corrected chi connectivity index (χ0v) is 14.4. The topological polar surface area (TPSA) is 71.3 Å². The van der Waals surface area contributed by atoms with Gasteiger partial charge in [0.05, 0.1) is 4.92 Å². The van der Waals surface area contributed by atoms with Crippen molar-refractivity contribution >= 4 is 32.8 Å². The highest BCUT2D eigenvalue weighted by Crippen LogP contribution is 2.27. The summed E-state index contributed by atoms with van der Waals surface area (Å²) in [5.41, 5.74) is 2.16. The normalized spacial score (nSPS) is 17.8. The Morgan fingerprint density at radius 2 is 2.32 bits per heavy atom. The second-order valence-corrected chi connectivity index (χ2v) is 7.21. The third-order valence-corrected chi connectivity index (χ3v) is 5.47. The van der Waals surface area contributed by atoms with Gasteiger partial charge in [-0.2, -0.15) is 0 Å². The molecule has 0 saturated carbocycles. The number of thiophene rings is 1. The molecule has 0 spiro atoms. The van der Waals surface area contributed by atoms with Crippen LogP contribution in [0, 0.1) is 10.1 Å². The Bertz CT molecular complexity index is 905. The van der Waals surface area contributed by atoms with E-state index in [1.165, 1.54) is 16.7 Å². The fourth-order valence-corrected chi connectivity index (χ4v) is 4.08. The number of benzene rings is 1. The standard InChI is InChI=1S/C18H18N4O2S/c23-22(24)18-8-13(12-25-18)10-21-7-5-15(11-21)20-17-3-1-2-14-9-19-6-4-16(14)17/h1-4,6,8-9,12,15,20H,5,7,10-11H2/t15-/m1/s1. The molecular formula is C18H18N4O2S. The van der Waals surface area contributed by atoms with E-state index in [4.69, 9.17) is 0 Å². The molecule has 0 unspecified atom stereocenters. The Morgan fingerprint density at radius 3 is 3.16 bits per heavy atom. The van der Waals surface area contributed by atoms with Gasteiger partial charge in [-0.3, -0.25) is 20.0 Å². The van der Waals surface area contributed by atoms with Gasteiger partial charge >= 0.3 is 5.00 Å². The van der Waals surface area contributed by atoms with Crippen LogP contribution in [0.15, 0.2) is 48.1 Å². The van der Waals surface area contributed by atoms with E-state index in [1.807, 2.05) is 29.9 Å². The summed E-state index contributed by atoms with van der Waals surface area (Å²) < 4.78 is 0. The smallest absolute Gasteiger partial charge is 0.324 e. The van der Waals surface area contributed by atoms with Gasteiger partial charge in [-0.25, -0.2) is 0 Å². The molecule has 1 atom stereocenters. The highest BCUT2D eigenvalue weighted by Gasteiger charge is 2.23. The molecule has 1 aliphatic heterocycles. The van der Waals surface area contributed by atoms with Gasteiger partial charge in [-0.1, -0.05) is 23.5 Å². The lowest BCUT2D eigenvalue weighted by molar-refractivity contribution is -0.380. The maximum Gasteiger partial charge on any atom is 0.324 e. The molecule has 3 aromatic rings. The first-order chi connectivity index (χ1) is 12.2. The number of anilines is 1. The van der Waals surface area contributed by atoms with E-state index in [0.717, 1.165) is 42.7 Å². The first kappa shape index (κ1) is 16.0. The number of aromatic nitrogens is 1. The van der Waals surface area contributed by atoms with Crippen LogP contribution in [0.5, 0.6) is 0 Å². The monoisotopic (exact) mass is 354 g/mol. The third-order valence-electron chi connectivity index (χ3n) is 4.54. The summed E-state index contributed by atoms with van der Waals surface area (Å²) >= 11 is 1.20. The van der Waals surface area contributed by atoms with Crippen LogP contribution in [-0.4, -0.2) is 33.9 Å². The molecular weight excluding hydrogens is 336 g/mol. The molecule has 25 heavy (non-hydrogen) atoms. The number of nitro groups is 1. The summed E-state index contributed by atoms with van der Waals surface area (Å²) in [6, 6.07) is 10.3. The Kier molecular flexibility index (Phi) is 4.33. The van der Waals surface area contributed by atoms with Gasteiger partial charge in [-0.05, 0) is 24.1 Å². The molecule has 3 heterocycles. The second-order valence-electron chi connectivity index (χ2n) is 6.32. The van der Waals surface area contributed by atoms with Crippen LogP contribution in [0.4, 0.5) is 10.7 Å². The lowest BCUT2D eigenvalue weighted by atomic mass is 10.1. The average molecular weight is 354 g/mol. The maximum absolute atomic E-state index is 10.8. The predicted octanol–water partition coefficient (Wildman–Crippen LogP) is 3.89. The van der Waals surface area contributed by atoms with E-state index < -0.39 is 0 Å². The van der Waals surface area contributed by atoms with Crippen LogP contribution in [-0.2, 0) is 6.54 Å². The van der Waals surface area contributed by atoms with Crippen molar-refractivity contribution in [2.75, 3.05) is 18.4 Å². The minimum atomic E-state index is -0.322. The first-order valence-corrected chi connectivity index (χ1v) is 9.10. The van der Waals surface area contributed by atoms with E-state index in [-0.39, 0.29) is 9.92 Å². The molecule has 4 rings (SSSR count). The summed E-state index contributed by atoms with van der Waals surface area (Å²) in [7, 11) is 0. The number of pyridine rings is 1. The zero-order valence-electron chi connectivity index (χ0n) is 13.6. The molecule has 128 valence electrons. The molecule has 2 aromatic heterocycles. The number of likely N-dealkylation sites (tertiary alicyclic amines) is 1. The summed E-state index contributed by atoms with van der Waals surface area (Å²) in [6.07, 6.45) is 4.76. The maximum atomic E-state index is 10.8. The van der Waals surface area contributed by atoms with Crippen molar-refractivity contribution in [1.29, 1.82) is 0 Å². The number of hydrogen-bond acceptors (Lipinski definition) is 6. The molecule has 0 amide bonds. The fourth-order valence-electron chi connectivity index (χ4n) is 3.36. The summed E-state index contributed by atoms with van der Waals surface area (Å²) in [4.78, 5) is 17.0. The molecule has 0 radical (unpaired) electrons. The van der Waals surface area contributed by atoms with Crippen LogP contribution >= 0.6 is 11.3 Å². The van der Waals surface area contributed by atoms with Crippen molar-refractivity contribution in [3.05, 3.63) is 63.8 Å². The Balaban J connectivity index is 1.41. The van der Waals surface area contributed by atoms with E-state index in [9.17, 15) is 10.1 Å². The molecule has 1 fully saturated rings. The number of rotatable bonds is 5. The van der Waals surface area contributed by atoms with E-state index in [2.05, 4.69) is 27.3 Å². The molecule has 6 nitrogen and oxygen atoms in total. The number of nitrogens with zero attached hydrogens (tertiary/aromatic N) is 3. The van der Waals surface area contributed by atoms with Crippen molar-refractivity contribution < 1.29 is 4.92 Å². The van der Waals surface area contributed by atoms with Gasteiger partial charge in [-0.15, -0.1) is 0 Å². The minimum Gasteiger partial charge on any atom is -0.380 e. The van der Waals surface area contributed by atoms with Crippen molar-refractivity contribution in [2.24, 2.45) is 0 Å². The lowest BCUT2D eigenvalue weighted by Crippen LogP contribution is -2.25. The van der Waals surface area contributed by atoms with Crippen molar-refractivity contribution in [3.63, 3.8) is 0 Å². The van der Waals surface area contributed by atoms with Gasteiger partial charge < -0.3 is 5.32 Å². The van der Waals surface area contributed by atoms with Crippen LogP contribution in [0.25, 0.3) is 10.8 Å². The summed E-state index contributed by atoms with van der Waals surface area (Å²) in [5, 5.41) is 18.9. The molecule has 0 aliphatic carbocycles. The minimum absolute atomic E-state index is 0.216. The SMILES string of the molecule is O=[N+]([O-])c1cc(CN2CC[C@@H](Nc3cccc4cnccc34)C2)cs1. The number of hydrogen-bond donors (Lipinski definition) is 1. The first-order valence-electron chi connectivity index (χ1n) is 8.22. The largest absolute Gasteiger partial charge is 0.380 e. The van der Waals surface area contributed by atoms with Crippen molar-refractivity contribution in [3.8, 4) is 0 Å². The van der Waals surface area contributed by atoms with Gasteiger partial charge in [0.15, 0.2) is 0 Å². The Hall–Kier alpha value is -2.51. The van der Waals surface area contributed by atoms with Crippen molar-refractivity contribution in [1.82, 2.24) is 9.88 Å². The second kappa shape index (κ2) is 6.78. The van der Waals surface area contributed by atoms with Gasteiger partial charge in [0.2, 0.25) is 0 Å². The highest BCUT2D eigenvalue weighted by molar-refractivity contribution is 7.13. The Morgan fingerprint density at radius 1 is 1.40 bits per heavy atom. The van der Waals surface area contributed by atoms with Crippen molar-refractivity contribution in [2.45, 2.75) is 19.0 Å². The molecule has 1 saturated heterocycles. The molecule has 1 aliphatic rings. The molecule has 7 heteroatoms. The van der Waals surface area contributed by atoms with E-state index in [0.29, 0.717) is 6.04 Å². The number of nitrogens with one attached hydrogen (secondary N) is 1. The highest BCUT2D eigenvalue weighted by atomic mass is 32.1. The van der Waals surface area contributed by atoms with Gasteiger partial charge in [0.1, 0.15) is 0 Å². The fraction of sp³-hybridized carbons (Fsp3) is 0.278. The number of fused-ring (bicyclic) bond motifs is 1. The molecule has 0 bridgehead atoms. The van der Waals surface area contributed by atoms with E-state index >= 15 is 0 Å². The third kappa shape index (κ3) is 3.47.